The number of nitrogens with one attached hydrogen (secondary N) is 1. The lowest BCUT2D eigenvalue weighted by Crippen LogP contribution is -2.38. The standard InChI is InChI=1S/C27H24F3N3O6S2/c1-2-40(35,36)21-9-6-18(7-10-21)23(12-13-31)32-26(34)19-8-11-24-25(16-19)39-15-14-33(24)41(37,38)22-5-3-4-20(17-22)27(28,29)30/h3-11,16-17,23H,2,12,14-15H2,1H3,(H,32,34). The van der Waals surface area contributed by atoms with E-state index in [4.69, 9.17) is 4.74 Å². The minimum atomic E-state index is -4.73. The number of rotatable bonds is 8. The van der Waals surface area contributed by atoms with Crippen LogP contribution >= 0.6 is 0 Å². The highest BCUT2D eigenvalue weighted by Crippen LogP contribution is 2.37. The highest BCUT2D eigenvalue weighted by Gasteiger charge is 2.35. The molecule has 0 saturated heterocycles. The molecular formula is C27H24F3N3O6S2. The third-order valence-electron chi connectivity index (χ3n) is 6.41. The number of benzene rings is 3. The zero-order valence-electron chi connectivity index (χ0n) is 21.6. The first-order valence-corrected chi connectivity index (χ1v) is 15.3. The minimum Gasteiger partial charge on any atom is -0.489 e. The summed E-state index contributed by atoms with van der Waals surface area (Å²) >= 11 is 0. The zero-order valence-corrected chi connectivity index (χ0v) is 23.2. The van der Waals surface area contributed by atoms with Crippen molar-refractivity contribution in [1.29, 1.82) is 5.26 Å². The Morgan fingerprint density at radius 2 is 1.76 bits per heavy atom. The Morgan fingerprint density at radius 3 is 2.39 bits per heavy atom. The first-order valence-electron chi connectivity index (χ1n) is 12.3. The molecule has 1 N–H and O–H groups in total. The first kappa shape index (κ1) is 29.9. The average Bonchev–Trinajstić information content (AvgIpc) is 2.96. The second-order valence-corrected chi connectivity index (χ2v) is 13.1. The van der Waals surface area contributed by atoms with Gasteiger partial charge in [0.05, 0.1) is 51.9 Å². The number of amides is 1. The normalized spacial score (nSPS) is 14.4. The molecule has 1 aliphatic heterocycles. The predicted octanol–water partition coefficient (Wildman–Crippen LogP) is 4.47. The molecule has 1 aliphatic rings. The zero-order chi connectivity index (χ0) is 30.0. The molecule has 1 atom stereocenters. The van der Waals surface area contributed by atoms with Crippen LogP contribution in [0.3, 0.4) is 0 Å². The lowest BCUT2D eigenvalue weighted by Gasteiger charge is -2.31. The van der Waals surface area contributed by atoms with Crippen LogP contribution < -0.4 is 14.4 Å². The van der Waals surface area contributed by atoms with E-state index in [0.717, 1.165) is 22.5 Å². The van der Waals surface area contributed by atoms with Gasteiger partial charge in [-0.3, -0.25) is 9.10 Å². The van der Waals surface area contributed by atoms with E-state index >= 15 is 0 Å². The van der Waals surface area contributed by atoms with Crippen LogP contribution in [0.15, 0.2) is 76.5 Å². The number of sulfonamides is 1. The quantitative estimate of drug-likeness (QED) is 0.399. The van der Waals surface area contributed by atoms with Gasteiger partial charge in [0.1, 0.15) is 12.4 Å². The van der Waals surface area contributed by atoms with Crippen LogP contribution in [0.5, 0.6) is 5.75 Å². The summed E-state index contributed by atoms with van der Waals surface area (Å²) in [7, 11) is -7.83. The van der Waals surface area contributed by atoms with E-state index in [-0.39, 0.29) is 47.2 Å². The number of ether oxygens (including phenoxy) is 1. The number of carbonyl (C=O) groups is 1. The number of sulfone groups is 1. The maximum absolute atomic E-state index is 13.3. The maximum Gasteiger partial charge on any atom is 0.416 e. The van der Waals surface area contributed by atoms with E-state index in [9.17, 15) is 40.1 Å². The van der Waals surface area contributed by atoms with Gasteiger partial charge in [-0.2, -0.15) is 18.4 Å². The molecule has 1 heterocycles. The fourth-order valence-corrected chi connectivity index (χ4v) is 6.59. The van der Waals surface area contributed by atoms with Gasteiger partial charge in [-0.05, 0) is 54.1 Å². The summed E-state index contributed by atoms with van der Waals surface area (Å²) in [5.41, 5.74) is -0.475. The van der Waals surface area contributed by atoms with Gasteiger partial charge >= 0.3 is 6.18 Å². The topological polar surface area (TPSA) is 134 Å². The molecule has 0 aromatic heterocycles. The maximum atomic E-state index is 13.3. The number of nitriles is 1. The Morgan fingerprint density at radius 1 is 1.05 bits per heavy atom. The molecule has 216 valence electrons. The van der Waals surface area contributed by atoms with Gasteiger partial charge in [0.2, 0.25) is 0 Å². The van der Waals surface area contributed by atoms with E-state index in [1.165, 1.54) is 49.4 Å². The molecule has 3 aromatic carbocycles. The molecule has 14 heteroatoms. The summed E-state index contributed by atoms with van der Waals surface area (Å²) < 4.78 is 96.8. The number of alkyl halides is 3. The number of anilines is 1. The Bertz CT molecular complexity index is 1720. The van der Waals surface area contributed by atoms with Crippen molar-refractivity contribution in [2.24, 2.45) is 0 Å². The van der Waals surface area contributed by atoms with E-state index in [2.05, 4.69) is 5.32 Å². The summed E-state index contributed by atoms with van der Waals surface area (Å²) in [5, 5.41) is 12.0. The molecular weight excluding hydrogens is 583 g/mol. The molecule has 1 amide bonds. The van der Waals surface area contributed by atoms with Crippen LogP contribution in [0.25, 0.3) is 0 Å². The van der Waals surface area contributed by atoms with Crippen molar-refractivity contribution in [2.75, 3.05) is 23.2 Å². The Kier molecular flexibility index (Phi) is 8.32. The molecule has 1 unspecified atom stereocenters. The van der Waals surface area contributed by atoms with Crippen LogP contribution in [-0.2, 0) is 26.0 Å². The fourth-order valence-electron chi connectivity index (χ4n) is 4.20. The molecule has 0 spiro atoms. The van der Waals surface area contributed by atoms with Crippen molar-refractivity contribution in [2.45, 2.75) is 35.4 Å². The number of fused-ring (bicyclic) bond motifs is 1. The SMILES string of the molecule is CCS(=O)(=O)c1ccc(C(CC#N)NC(=O)c2ccc3c(c2)OCCN3S(=O)(=O)c2cccc(C(F)(F)F)c2)cc1. The van der Waals surface area contributed by atoms with E-state index in [0.29, 0.717) is 11.6 Å². The smallest absolute Gasteiger partial charge is 0.416 e. The van der Waals surface area contributed by atoms with E-state index in [1.807, 2.05) is 6.07 Å². The van der Waals surface area contributed by atoms with Gasteiger partial charge in [-0.1, -0.05) is 25.1 Å². The minimum absolute atomic E-state index is 0.0328. The van der Waals surface area contributed by atoms with Gasteiger partial charge in [0.15, 0.2) is 9.84 Å². The van der Waals surface area contributed by atoms with Crippen molar-refractivity contribution in [3.8, 4) is 11.8 Å². The number of hydrogen-bond acceptors (Lipinski definition) is 7. The summed E-state index contributed by atoms with van der Waals surface area (Å²) in [5.74, 6) is -0.658. The fraction of sp³-hybridized carbons (Fsp3) is 0.259. The monoisotopic (exact) mass is 607 g/mol. The molecule has 4 rings (SSSR count). The number of halogens is 3. The summed E-state index contributed by atoms with van der Waals surface area (Å²) in [6.07, 6.45) is -4.84. The Hall–Kier alpha value is -4.09. The van der Waals surface area contributed by atoms with Crippen LogP contribution in [0.2, 0.25) is 0 Å². The highest BCUT2D eigenvalue weighted by molar-refractivity contribution is 7.93. The first-order chi connectivity index (χ1) is 19.3. The molecule has 0 saturated carbocycles. The third kappa shape index (κ3) is 6.31. The van der Waals surface area contributed by atoms with Gasteiger partial charge < -0.3 is 10.1 Å². The lowest BCUT2D eigenvalue weighted by molar-refractivity contribution is -0.137. The molecule has 41 heavy (non-hydrogen) atoms. The van der Waals surface area contributed by atoms with Gasteiger partial charge in [-0.15, -0.1) is 0 Å². The van der Waals surface area contributed by atoms with E-state index in [1.54, 1.807) is 0 Å². The third-order valence-corrected chi connectivity index (χ3v) is 9.97. The van der Waals surface area contributed by atoms with Gasteiger partial charge in [-0.25, -0.2) is 16.8 Å². The second kappa shape index (κ2) is 11.4. The largest absolute Gasteiger partial charge is 0.489 e. The molecule has 0 aliphatic carbocycles. The van der Waals surface area contributed by atoms with Crippen LogP contribution in [-0.4, -0.2) is 41.6 Å². The molecule has 9 nitrogen and oxygen atoms in total. The highest BCUT2D eigenvalue weighted by atomic mass is 32.2. The summed E-state index contributed by atoms with van der Waals surface area (Å²) in [6, 6.07) is 14.4. The Balaban J connectivity index is 1.59. The van der Waals surface area contributed by atoms with Crippen molar-refractivity contribution in [3.05, 3.63) is 83.4 Å². The average molecular weight is 608 g/mol. The van der Waals surface area contributed by atoms with Crippen molar-refractivity contribution in [3.63, 3.8) is 0 Å². The second-order valence-electron chi connectivity index (χ2n) is 8.99. The Labute approximate surface area is 235 Å². The van der Waals surface area contributed by atoms with Crippen LogP contribution in [0.1, 0.15) is 40.9 Å². The van der Waals surface area contributed by atoms with Crippen LogP contribution in [0.4, 0.5) is 18.9 Å². The van der Waals surface area contributed by atoms with Crippen molar-refractivity contribution >= 4 is 31.5 Å². The van der Waals surface area contributed by atoms with Crippen molar-refractivity contribution < 1.29 is 39.5 Å². The summed E-state index contributed by atoms with van der Waals surface area (Å²) in [6.45, 7) is 1.25. The number of carbonyl (C=O) groups excluding carboxylic acids is 1. The van der Waals surface area contributed by atoms with Gasteiger partial charge in [0.25, 0.3) is 15.9 Å². The summed E-state index contributed by atoms with van der Waals surface area (Å²) in [4.78, 5) is 12.7. The molecule has 0 radical (unpaired) electrons. The van der Waals surface area contributed by atoms with Crippen molar-refractivity contribution in [1.82, 2.24) is 5.32 Å². The van der Waals surface area contributed by atoms with Crippen LogP contribution in [0, 0.1) is 11.3 Å². The molecule has 3 aromatic rings. The lowest BCUT2D eigenvalue weighted by atomic mass is 10.0. The molecule has 0 fully saturated rings. The predicted molar refractivity (Wildman–Crippen MR) is 143 cm³/mol. The van der Waals surface area contributed by atoms with E-state index < -0.39 is 48.4 Å². The molecule has 0 bridgehead atoms. The number of hydrogen-bond donors (Lipinski definition) is 1. The van der Waals surface area contributed by atoms with Gasteiger partial charge in [0, 0.05) is 5.56 Å². The number of nitrogens with zero attached hydrogens (tertiary/aromatic N) is 2.